The summed E-state index contributed by atoms with van der Waals surface area (Å²) in [5.74, 6) is 2.04. The van der Waals surface area contributed by atoms with Crippen LogP contribution in [0.3, 0.4) is 0 Å². The molecule has 3 aromatic carbocycles. The highest BCUT2D eigenvalue weighted by atomic mass is 32.1. The van der Waals surface area contributed by atoms with Gasteiger partial charge in [0.2, 0.25) is 11.7 Å². The highest BCUT2D eigenvalue weighted by Crippen LogP contribution is 2.30. The number of rotatable bonds is 11. The Hall–Kier alpha value is -3.98. The van der Waals surface area contributed by atoms with Crippen LogP contribution >= 0.6 is 12.6 Å². The predicted molar refractivity (Wildman–Crippen MR) is 167 cm³/mol. The van der Waals surface area contributed by atoms with Gasteiger partial charge in [-0.1, -0.05) is 75.4 Å². The molecule has 1 atom stereocenters. The number of nitrogens with one attached hydrogen (secondary N) is 2. The number of aromatic nitrogens is 6. The SMILES string of the molecule is CCCc1nc2c(C)cc(CNC(=O)[C@H](S)CC(C)C)cc2n1Cc1ccc(-c2ccccc2-c2nn[nH]n2)cc1. The molecule has 0 saturated carbocycles. The molecule has 0 saturated heterocycles. The minimum atomic E-state index is -0.302. The first-order valence-electron chi connectivity index (χ1n) is 14.2. The quantitative estimate of drug-likeness (QED) is 0.166. The lowest BCUT2D eigenvalue weighted by Gasteiger charge is -2.14. The van der Waals surface area contributed by atoms with Crippen molar-refractivity contribution in [1.29, 1.82) is 0 Å². The second kappa shape index (κ2) is 12.7. The number of hydrogen-bond acceptors (Lipinski definition) is 6. The van der Waals surface area contributed by atoms with Crippen LogP contribution in [0.5, 0.6) is 0 Å². The average Bonchev–Trinajstić information content (AvgIpc) is 3.61. The summed E-state index contributed by atoms with van der Waals surface area (Å²) >= 11 is 4.50. The van der Waals surface area contributed by atoms with Gasteiger partial charge in [-0.15, -0.1) is 10.2 Å². The summed E-state index contributed by atoms with van der Waals surface area (Å²) < 4.78 is 2.32. The Balaban J connectivity index is 1.41. The lowest BCUT2D eigenvalue weighted by Crippen LogP contribution is -2.31. The Morgan fingerprint density at radius 2 is 1.80 bits per heavy atom. The molecule has 0 bridgehead atoms. The third-order valence-electron chi connectivity index (χ3n) is 7.24. The second-order valence-electron chi connectivity index (χ2n) is 11.0. The van der Waals surface area contributed by atoms with Gasteiger partial charge in [-0.25, -0.2) is 4.98 Å². The fourth-order valence-corrected chi connectivity index (χ4v) is 5.76. The van der Waals surface area contributed by atoms with Crippen molar-refractivity contribution < 1.29 is 4.79 Å². The van der Waals surface area contributed by atoms with Crippen LogP contribution in [0.4, 0.5) is 0 Å². The summed E-state index contributed by atoms with van der Waals surface area (Å²) in [6.45, 7) is 9.65. The number of aryl methyl sites for hydroxylation is 2. The average molecular weight is 568 g/mol. The molecule has 212 valence electrons. The number of thiol groups is 1. The number of H-pyrrole nitrogens is 1. The standard InChI is InChI=1S/C32H37N7OS/c1-5-8-29-34-30-21(4)16-23(18-33-32(40)28(41)15-20(2)3)17-27(30)39(29)19-22-11-13-24(14-12-22)25-9-6-7-10-26(25)31-35-37-38-36-31/h6-7,9-14,16-17,20,28,41H,5,8,15,18-19H2,1-4H3,(H,33,40)(H,35,36,37,38)/t28-/m1/s1. The van der Waals surface area contributed by atoms with Gasteiger partial charge in [0.15, 0.2) is 0 Å². The van der Waals surface area contributed by atoms with E-state index in [9.17, 15) is 4.79 Å². The van der Waals surface area contributed by atoms with E-state index < -0.39 is 0 Å². The van der Waals surface area contributed by atoms with Crippen molar-refractivity contribution in [3.63, 3.8) is 0 Å². The molecule has 0 unspecified atom stereocenters. The molecular formula is C32H37N7OS. The first-order chi connectivity index (χ1) is 19.8. The fraction of sp³-hybridized carbons (Fsp3) is 0.344. The lowest BCUT2D eigenvalue weighted by atomic mass is 9.98. The molecule has 9 heteroatoms. The highest BCUT2D eigenvalue weighted by Gasteiger charge is 2.17. The van der Waals surface area contributed by atoms with E-state index in [1.54, 1.807) is 0 Å². The van der Waals surface area contributed by atoms with Gasteiger partial charge in [0.05, 0.1) is 16.3 Å². The van der Waals surface area contributed by atoms with Gasteiger partial charge in [0.25, 0.3) is 0 Å². The summed E-state index contributed by atoms with van der Waals surface area (Å²) in [4.78, 5) is 17.6. The number of tetrazole rings is 1. The smallest absolute Gasteiger partial charge is 0.233 e. The number of amides is 1. The Morgan fingerprint density at radius 3 is 2.49 bits per heavy atom. The van der Waals surface area contributed by atoms with Gasteiger partial charge in [0.1, 0.15) is 5.82 Å². The van der Waals surface area contributed by atoms with E-state index in [4.69, 9.17) is 4.98 Å². The van der Waals surface area contributed by atoms with E-state index in [1.807, 2.05) is 18.2 Å². The van der Waals surface area contributed by atoms with Crippen LogP contribution in [0.1, 0.15) is 56.1 Å². The van der Waals surface area contributed by atoms with Crippen molar-refractivity contribution in [3.05, 3.63) is 83.2 Å². The van der Waals surface area contributed by atoms with E-state index in [2.05, 4.69) is 113 Å². The van der Waals surface area contributed by atoms with Crippen molar-refractivity contribution in [2.45, 2.75) is 65.3 Å². The molecule has 2 N–H and O–H groups in total. The van der Waals surface area contributed by atoms with Crippen molar-refractivity contribution in [2.75, 3.05) is 0 Å². The molecule has 5 rings (SSSR count). The Morgan fingerprint density at radius 1 is 1.05 bits per heavy atom. The molecule has 5 aromatic rings. The predicted octanol–water partition coefficient (Wildman–Crippen LogP) is 6.15. The maximum Gasteiger partial charge on any atom is 0.233 e. The van der Waals surface area contributed by atoms with Crippen molar-refractivity contribution in [2.24, 2.45) is 5.92 Å². The summed E-state index contributed by atoms with van der Waals surface area (Å²) in [6, 6.07) is 21.0. The molecule has 0 spiro atoms. The number of nitrogens with zero attached hydrogens (tertiary/aromatic N) is 5. The van der Waals surface area contributed by atoms with Crippen molar-refractivity contribution in [3.8, 4) is 22.5 Å². The molecule has 41 heavy (non-hydrogen) atoms. The van der Waals surface area contributed by atoms with Gasteiger partial charge in [0, 0.05) is 25.1 Å². The second-order valence-corrected chi connectivity index (χ2v) is 11.6. The van der Waals surface area contributed by atoms with Crippen LogP contribution in [0, 0.1) is 12.8 Å². The third-order valence-corrected chi connectivity index (χ3v) is 7.69. The third kappa shape index (κ3) is 6.51. The summed E-state index contributed by atoms with van der Waals surface area (Å²) in [5, 5.41) is 17.4. The molecule has 1 amide bonds. The number of aromatic amines is 1. The minimum absolute atomic E-state index is 0.0269. The van der Waals surface area contributed by atoms with Crippen LogP contribution in [0.25, 0.3) is 33.5 Å². The molecule has 0 aliphatic rings. The summed E-state index contributed by atoms with van der Waals surface area (Å²) in [5.41, 5.74) is 8.54. The Bertz CT molecular complexity index is 1620. The van der Waals surface area contributed by atoms with E-state index in [1.165, 1.54) is 5.56 Å². The summed E-state index contributed by atoms with van der Waals surface area (Å²) in [6.07, 6.45) is 2.66. The normalized spacial score (nSPS) is 12.2. The van der Waals surface area contributed by atoms with Gasteiger partial charge < -0.3 is 9.88 Å². The number of hydrogen-bond donors (Lipinski definition) is 3. The van der Waals surface area contributed by atoms with E-state index in [0.717, 1.165) is 63.9 Å². The maximum absolute atomic E-state index is 12.6. The van der Waals surface area contributed by atoms with Crippen LogP contribution in [-0.4, -0.2) is 41.3 Å². The number of carbonyl (C=O) groups excluding carboxylic acids is 1. The lowest BCUT2D eigenvalue weighted by molar-refractivity contribution is -0.120. The fourth-order valence-electron chi connectivity index (χ4n) is 5.25. The topological polar surface area (TPSA) is 101 Å². The molecule has 0 aliphatic heterocycles. The molecule has 0 fully saturated rings. The molecule has 0 aliphatic carbocycles. The molecule has 2 heterocycles. The van der Waals surface area contributed by atoms with E-state index in [0.29, 0.717) is 24.8 Å². The van der Waals surface area contributed by atoms with Crippen LogP contribution in [-0.2, 0) is 24.3 Å². The van der Waals surface area contributed by atoms with Gasteiger partial charge in [-0.3, -0.25) is 4.79 Å². The molecular weight excluding hydrogens is 530 g/mol. The van der Waals surface area contributed by atoms with Gasteiger partial charge in [-0.05, 0) is 64.8 Å². The first-order valence-corrected chi connectivity index (χ1v) is 14.7. The Labute approximate surface area is 246 Å². The monoisotopic (exact) mass is 567 g/mol. The first kappa shape index (κ1) is 28.5. The van der Waals surface area contributed by atoms with E-state index in [-0.39, 0.29) is 11.2 Å². The number of carbonyl (C=O) groups is 1. The van der Waals surface area contributed by atoms with Crippen molar-refractivity contribution >= 4 is 29.6 Å². The minimum Gasteiger partial charge on any atom is -0.351 e. The number of imidazole rings is 1. The van der Waals surface area contributed by atoms with Gasteiger partial charge >= 0.3 is 0 Å². The molecule has 0 radical (unpaired) electrons. The van der Waals surface area contributed by atoms with Gasteiger partial charge in [-0.2, -0.15) is 17.8 Å². The van der Waals surface area contributed by atoms with E-state index >= 15 is 0 Å². The molecule has 8 nitrogen and oxygen atoms in total. The van der Waals surface area contributed by atoms with Crippen LogP contribution in [0.2, 0.25) is 0 Å². The highest BCUT2D eigenvalue weighted by molar-refractivity contribution is 7.81. The maximum atomic E-state index is 12.6. The largest absolute Gasteiger partial charge is 0.351 e. The number of benzene rings is 3. The number of fused-ring (bicyclic) bond motifs is 1. The zero-order valence-electron chi connectivity index (χ0n) is 24.1. The van der Waals surface area contributed by atoms with Crippen molar-refractivity contribution in [1.82, 2.24) is 35.5 Å². The summed E-state index contributed by atoms with van der Waals surface area (Å²) in [7, 11) is 0. The Kier molecular flexibility index (Phi) is 8.83. The van der Waals surface area contributed by atoms with Crippen LogP contribution < -0.4 is 5.32 Å². The zero-order valence-corrected chi connectivity index (χ0v) is 24.9. The zero-order chi connectivity index (χ0) is 28.9. The molecule has 2 aromatic heterocycles. The van der Waals surface area contributed by atoms with Crippen LogP contribution in [0.15, 0.2) is 60.7 Å².